The first-order valence-electron chi connectivity index (χ1n) is 8.08. The first kappa shape index (κ1) is 17.3. The summed E-state index contributed by atoms with van der Waals surface area (Å²) in [5.41, 5.74) is -0.413. The fourth-order valence-electron chi connectivity index (χ4n) is 2.87. The van der Waals surface area contributed by atoms with E-state index in [4.69, 9.17) is 4.74 Å². The first-order valence-corrected chi connectivity index (χ1v) is 8.08. The quantitative estimate of drug-likeness (QED) is 0.841. The summed E-state index contributed by atoms with van der Waals surface area (Å²) >= 11 is 0. The van der Waals surface area contributed by atoms with Gasteiger partial charge in [-0.05, 0) is 39.5 Å². The zero-order chi connectivity index (χ0) is 15.2. The summed E-state index contributed by atoms with van der Waals surface area (Å²) in [5.74, 6) is 0.662. The number of rotatable bonds is 5. The lowest BCUT2D eigenvalue weighted by Crippen LogP contribution is -2.56. The Morgan fingerprint density at radius 3 is 2.40 bits per heavy atom. The fourth-order valence-corrected chi connectivity index (χ4v) is 2.87. The molecule has 1 unspecified atom stereocenters. The average molecular weight is 284 g/mol. The maximum Gasteiger partial charge on any atom is 0.410 e. The van der Waals surface area contributed by atoms with Gasteiger partial charge in [-0.25, -0.2) is 4.79 Å². The summed E-state index contributed by atoms with van der Waals surface area (Å²) in [7, 11) is 0. The van der Waals surface area contributed by atoms with E-state index < -0.39 is 5.60 Å². The van der Waals surface area contributed by atoms with Gasteiger partial charge in [0.15, 0.2) is 0 Å². The van der Waals surface area contributed by atoms with Crippen LogP contribution in [0.2, 0.25) is 0 Å². The second-order valence-corrected chi connectivity index (χ2v) is 6.82. The van der Waals surface area contributed by atoms with Crippen LogP contribution >= 0.6 is 0 Å². The summed E-state index contributed by atoms with van der Waals surface area (Å²) in [6.07, 6.45) is 4.70. The van der Waals surface area contributed by atoms with Crippen molar-refractivity contribution in [3.05, 3.63) is 0 Å². The number of ether oxygens (including phenoxy) is 1. The average Bonchev–Trinajstić information content (AvgIpc) is 2.37. The molecule has 118 valence electrons. The monoisotopic (exact) mass is 284 g/mol. The normalized spacial score (nSPS) is 20.3. The smallest absolute Gasteiger partial charge is 0.410 e. The van der Waals surface area contributed by atoms with E-state index in [1.165, 1.54) is 25.7 Å². The van der Waals surface area contributed by atoms with Crippen LogP contribution in [0.1, 0.15) is 60.3 Å². The molecule has 0 spiro atoms. The lowest BCUT2D eigenvalue weighted by Gasteiger charge is -2.38. The van der Waals surface area contributed by atoms with Crippen molar-refractivity contribution in [1.82, 2.24) is 10.2 Å². The number of hydrogen-bond acceptors (Lipinski definition) is 3. The first-order chi connectivity index (χ1) is 9.37. The molecule has 0 radical (unpaired) electrons. The van der Waals surface area contributed by atoms with Crippen molar-refractivity contribution in [1.29, 1.82) is 0 Å². The van der Waals surface area contributed by atoms with Crippen molar-refractivity contribution in [2.45, 2.75) is 71.9 Å². The van der Waals surface area contributed by atoms with E-state index in [0.717, 1.165) is 19.6 Å². The van der Waals surface area contributed by atoms with Crippen LogP contribution in [-0.4, -0.2) is 42.3 Å². The molecular weight excluding hydrogens is 252 g/mol. The summed E-state index contributed by atoms with van der Waals surface area (Å²) in [6.45, 7) is 12.6. The lowest BCUT2D eigenvalue weighted by molar-refractivity contribution is 0.0167. The number of carbonyl (C=O) groups is 1. The third-order valence-corrected chi connectivity index (χ3v) is 3.74. The van der Waals surface area contributed by atoms with E-state index in [2.05, 4.69) is 19.2 Å². The Morgan fingerprint density at radius 2 is 1.90 bits per heavy atom. The Hall–Kier alpha value is -0.770. The van der Waals surface area contributed by atoms with Crippen molar-refractivity contribution in [3.8, 4) is 0 Å². The molecule has 1 N–H and O–H groups in total. The minimum Gasteiger partial charge on any atom is -0.444 e. The summed E-state index contributed by atoms with van der Waals surface area (Å²) < 4.78 is 5.48. The van der Waals surface area contributed by atoms with E-state index >= 15 is 0 Å². The van der Waals surface area contributed by atoms with Crippen molar-refractivity contribution in [2.75, 3.05) is 19.6 Å². The number of piperazine rings is 1. The van der Waals surface area contributed by atoms with Crippen LogP contribution in [0, 0.1) is 5.92 Å². The van der Waals surface area contributed by atoms with Crippen LogP contribution < -0.4 is 5.32 Å². The zero-order valence-electron chi connectivity index (χ0n) is 13.9. The highest BCUT2D eigenvalue weighted by atomic mass is 16.6. The van der Waals surface area contributed by atoms with Gasteiger partial charge < -0.3 is 15.0 Å². The molecule has 0 bridgehead atoms. The van der Waals surface area contributed by atoms with Crippen molar-refractivity contribution >= 4 is 6.09 Å². The summed E-state index contributed by atoms with van der Waals surface area (Å²) in [4.78, 5) is 14.0. The molecule has 1 saturated heterocycles. The molecule has 1 aliphatic heterocycles. The molecule has 1 atom stereocenters. The minimum atomic E-state index is -0.413. The maximum absolute atomic E-state index is 12.2. The second kappa shape index (κ2) is 7.87. The highest BCUT2D eigenvalue weighted by molar-refractivity contribution is 5.68. The van der Waals surface area contributed by atoms with E-state index in [1.807, 2.05) is 25.7 Å². The maximum atomic E-state index is 12.2. The van der Waals surface area contributed by atoms with Crippen molar-refractivity contribution in [3.63, 3.8) is 0 Å². The Bertz CT molecular complexity index is 293. The molecule has 1 amide bonds. The molecule has 4 nitrogen and oxygen atoms in total. The van der Waals surface area contributed by atoms with Crippen LogP contribution in [0.25, 0.3) is 0 Å². The van der Waals surface area contributed by atoms with Crippen molar-refractivity contribution in [2.24, 2.45) is 5.92 Å². The predicted octanol–water partition coefficient (Wildman–Crippen LogP) is 3.41. The van der Waals surface area contributed by atoms with Crippen molar-refractivity contribution < 1.29 is 9.53 Å². The van der Waals surface area contributed by atoms with Gasteiger partial charge in [0.05, 0.1) is 0 Å². The topological polar surface area (TPSA) is 41.6 Å². The van der Waals surface area contributed by atoms with Crippen LogP contribution in [0.3, 0.4) is 0 Å². The molecule has 0 aromatic carbocycles. The van der Waals surface area contributed by atoms with Crippen LogP contribution in [0.5, 0.6) is 0 Å². The molecule has 0 aromatic rings. The number of nitrogens with zero attached hydrogens (tertiary/aromatic N) is 1. The number of amides is 1. The molecule has 0 saturated carbocycles. The number of hydrogen-bond donors (Lipinski definition) is 1. The SMILES string of the molecule is CCCC(CCC)C1CN(C(=O)OC(C)(C)C)CCN1. The zero-order valence-corrected chi connectivity index (χ0v) is 13.9. The van der Waals surface area contributed by atoms with Gasteiger partial charge in [0, 0.05) is 25.7 Å². The van der Waals surface area contributed by atoms with E-state index in [1.54, 1.807) is 0 Å². The van der Waals surface area contributed by atoms with Gasteiger partial charge in [-0.1, -0.05) is 26.7 Å². The second-order valence-electron chi connectivity index (χ2n) is 6.82. The van der Waals surface area contributed by atoms with E-state index in [0.29, 0.717) is 12.0 Å². The molecule has 1 aliphatic rings. The Morgan fingerprint density at radius 1 is 1.30 bits per heavy atom. The van der Waals surface area contributed by atoms with Crippen LogP contribution in [0.15, 0.2) is 0 Å². The van der Waals surface area contributed by atoms with Gasteiger partial charge in [-0.3, -0.25) is 0 Å². The molecule has 1 fully saturated rings. The Kier molecular flexibility index (Phi) is 6.80. The Labute approximate surface area is 124 Å². The highest BCUT2D eigenvalue weighted by Crippen LogP contribution is 2.21. The van der Waals surface area contributed by atoms with Gasteiger partial charge >= 0.3 is 6.09 Å². The van der Waals surface area contributed by atoms with Gasteiger partial charge in [0.2, 0.25) is 0 Å². The highest BCUT2D eigenvalue weighted by Gasteiger charge is 2.30. The fraction of sp³-hybridized carbons (Fsp3) is 0.938. The summed E-state index contributed by atoms with van der Waals surface area (Å²) in [6, 6.07) is 0.413. The number of carbonyl (C=O) groups excluding carboxylic acids is 1. The molecular formula is C16H32N2O2. The standard InChI is InChI=1S/C16H32N2O2/c1-6-8-13(9-7-2)14-12-18(11-10-17-14)15(19)20-16(3,4)5/h13-14,17H,6-12H2,1-5H3. The van der Waals surface area contributed by atoms with E-state index in [9.17, 15) is 4.79 Å². The minimum absolute atomic E-state index is 0.171. The molecule has 20 heavy (non-hydrogen) atoms. The third-order valence-electron chi connectivity index (χ3n) is 3.74. The van der Waals surface area contributed by atoms with Gasteiger partial charge in [0.25, 0.3) is 0 Å². The molecule has 0 aromatic heterocycles. The summed E-state index contributed by atoms with van der Waals surface area (Å²) in [5, 5.41) is 3.59. The van der Waals surface area contributed by atoms with Crippen LogP contribution in [0.4, 0.5) is 4.79 Å². The lowest BCUT2D eigenvalue weighted by atomic mass is 9.89. The van der Waals surface area contributed by atoms with Gasteiger partial charge in [-0.2, -0.15) is 0 Å². The van der Waals surface area contributed by atoms with Gasteiger partial charge in [-0.15, -0.1) is 0 Å². The molecule has 4 heteroatoms. The number of nitrogens with one attached hydrogen (secondary N) is 1. The van der Waals surface area contributed by atoms with E-state index in [-0.39, 0.29) is 6.09 Å². The van der Waals surface area contributed by atoms with Gasteiger partial charge in [0.1, 0.15) is 5.60 Å². The third kappa shape index (κ3) is 5.70. The Balaban J connectivity index is 2.58. The molecule has 0 aliphatic carbocycles. The van der Waals surface area contributed by atoms with Crippen LogP contribution in [-0.2, 0) is 4.74 Å². The molecule has 1 heterocycles. The largest absolute Gasteiger partial charge is 0.444 e. The predicted molar refractivity (Wildman–Crippen MR) is 82.9 cm³/mol. The molecule has 1 rings (SSSR count).